The van der Waals surface area contributed by atoms with Crippen LogP contribution in [0.1, 0.15) is 39.0 Å². The van der Waals surface area contributed by atoms with E-state index in [1.807, 2.05) is 11.8 Å². The van der Waals surface area contributed by atoms with Gasteiger partial charge in [0.05, 0.1) is 10.9 Å². The Morgan fingerprint density at radius 1 is 1.37 bits per heavy atom. The summed E-state index contributed by atoms with van der Waals surface area (Å²) in [4.78, 5) is 25.7. The van der Waals surface area contributed by atoms with Gasteiger partial charge in [-0.25, -0.2) is 0 Å². The molecule has 0 bridgehead atoms. The molecule has 1 aliphatic rings. The summed E-state index contributed by atoms with van der Waals surface area (Å²) in [7, 11) is 0. The number of hydrogen-bond acceptors (Lipinski definition) is 3. The molecule has 1 unspecified atom stereocenters. The second kappa shape index (κ2) is 8.09. The third kappa shape index (κ3) is 5.14. The molecular weight excluding hydrogens is 262 g/mol. The molecule has 0 aliphatic carbocycles. The lowest BCUT2D eigenvalue weighted by molar-refractivity contribution is -0.130. The van der Waals surface area contributed by atoms with E-state index < -0.39 is 5.92 Å². The highest BCUT2D eigenvalue weighted by Crippen LogP contribution is 2.09. The van der Waals surface area contributed by atoms with E-state index in [1.165, 1.54) is 0 Å². The number of carbonyl (C=O) groups excluding carboxylic acids is 2. The molecule has 3 N–H and O–H groups in total. The van der Waals surface area contributed by atoms with E-state index >= 15 is 0 Å². The standard InChI is InChI=1S/C13H23N3O2S/c1-2-5-10(12(14)19)13(18)15-7-6-11(17)16-8-3-4-9-16/h10H,2-9H2,1H3,(H2,14,19)(H,15,18). The summed E-state index contributed by atoms with van der Waals surface area (Å²) in [5, 5.41) is 2.75. The first kappa shape index (κ1) is 15.9. The Morgan fingerprint density at radius 3 is 2.53 bits per heavy atom. The highest BCUT2D eigenvalue weighted by Gasteiger charge is 2.21. The lowest BCUT2D eigenvalue weighted by Gasteiger charge is -2.17. The zero-order chi connectivity index (χ0) is 14.3. The van der Waals surface area contributed by atoms with E-state index in [-0.39, 0.29) is 16.8 Å². The molecule has 0 spiro atoms. The quantitative estimate of drug-likeness (QED) is 0.679. The number of nitrogens with zero attached hydrogens (tertiary/aromatic N) is 1. The van der Waals surface area contributed by atoms with Gasteiger partial charge in [-0.3, -0.25) is 9.59 Å². The number of likely N-dealkylation sites (tertiary alicyclic amines) is 1. The maximum Gasteiger partial charge on any atom is 0.229 e. The maximum absolute atomic E-state index is 11.9. The van der Waals surface area contributed by atoms with Crippen LogP contribution in [0.2, 0.25) is 0 Å². The molecule has 1 saturated heterocycles. The van der Waals surface area contributed by atoms with Crippen molar-refractivity contribution in [3.8, 4) is 0 Å². The summed E-state index contributed by atoms with van der Waals surface area (Å²) in [6.07, 6.45) is 4.02. The summed E-state index contributed by atoms with van der Waals surface area (Å²) in [6, 6.07) is 0. The topological polar surface area (TPSA) is 75.4 Å². The van der Waals surface area contributed by atoms with Crippen molar-refractivity contribution >= 4 is 29.0 Å². The van der Waals surface area contributed by atoms with Gasteiger partial charge in [0.2, 0.25) is 11.8 Å². The van der Waals surface area contributed by atoms with Crippen LogP contribution in [0, 0.1) is 5.92 Å². The average molecular weight is 285 g/mol. The minimum absolute atomic E-state index is 0.111. The smallest absolute Gasteiger partial charge is 0.229 e. The van der Waals surface area contributed by atoms with Crippen molar-refractivity contribution in [3.05, 3.63) is 0 Å². The summed E-state index contributed by atoms with van der Waals surface area (Å²) in [5.41, 5.74) is 5.55. The van der Waals surface area contributed by atoms with E-state index in [0.29, 0.717) is 19.4 Å². The molecule has 2 amide bonds. The highest BCUT2D eigenvalue weighted by molar-refractivity contribution is 7.80. The molecule has 0 radical (unpaired) electrons. The lowest BCUT2D eigenvalue weighted by atomic mass is 10.0. The highest BCUT2D eigenvalue weighted by atomic mass is 32.1. The molecule has 1 aliphatic heterocycles. The molecule has 108 valence electrons. The van der Waals surface area contributed by atoms with Gasteiger partial charge in [0.1, 0.15) is 0 Å². The summed E-state index contributed by atoms with van der Waals surface area (Å²) >= 11 is 4.89. The van der Waals surface area contributed by atoms with Crippen LogP contribution in [0.5, 0.6) is 0 Å². The van der Waals surface area contributed by atoms with E-state index in [4.69, 9.17) is 18.0 Å². The molecule has 1 atom stereocenters. The number of rotatable bonds is 7. The average Bonchev–Trinajstić information content (AvgIpc) is 2.89. The van der Waals surface area contributed by atoms with Crippen LogP contribution in [0.15, 0.2) is 0 Å². The summed E-state index contributed by atoms with van der Waals surface area (Å²) in [5.74, 6) is -0.467. The van der Waals surface area contributed by atoms with Gasteiger partial charge in [-0.2, -0.15) is 0 Å². The lowest BCUT2D eigenvalue weighted by Crippen LogP contribution is -2.39. The SMILES string of the molecule is CCCC(C(=O)NCCC(=O)N1CCCC1)C(N)=S. The normalized spacial score (nSPS) is 16.2. The third-order valence-electron chi connectivity index (χ3n) is 3.33. The molecule has 1 rings (SSSR count). The second-order valence-corrected chi connectivity index (χ2v) is 5.34. The first-order valence-electron chi connectivity index (χ1n) is 6.91. The molecule has 0 saturated carbocycles. The van der Waals surface area contributed by atoms with Crippen LogP contribution >= 0.6 is 12.2 Å². The van der Waals surface area contributed by atoms with Crippen LogP contribution in [0.3, 0.4) is 0 Å². The summed E-state index contributed by atoms with van der Waals surface area (Å²) in [6.45, 7) is 4.03. The fourth-order valence-electron chi connectivity index (χ4n) is 2.23. The van der Waals surface area contributed by atoms with Crippen molar-refractivity contribution in [1.29, 1.82) is 0 Å². The van der Waals surface area contributed by atoms with Gasteiger partial charge in [-0.05, 0) is 19.3 Å². The second-order valence-electron chi connectivity index (χ2n) is 4.87. The molecule has 0 aromatic heterocycles. The molecule has 1 fully saturated rings. The van der Waals surface area contributed by atoms with Gasteiger partial charge >= 0.3 is 0 Å². The van der Waals surface area contributed by atoms with E-state index in [0.717, 1.165) is 32.4 Å². The van der Waals surface area contributed by atoms with E-state index in [9.17, 15) is 9.59 Å². The number of hydrogen-bond donors (Lipinski definition) is 2. The maximum atomic E-state index is 11.9. The van der Waals surface area contributed by atoms with E-state index in [2.05, 4.69) is 5.32 Å². The summed E-state index contributed by atoms with van der Waals surface area (Å²) < 4.78 is 0. The fourth-order valence-corrected chi connectivity index (χ4v) is 2.46. The number of thiocarbonyl (C=S) groups is 1. The Balaban J connectivity index is 2.28. The largest absolute Gasteiger partial charge is 0.393 e. The van der Waals surface area contributed by atoms with Crippen molar-refractivity contribution < 1.29 is 9.59 Å². The number of nitrogens with one attached hydrogen (secondary N) is 1. The van der Waals surface area contributed by atoms with Crippen LogP contribution < -0.4 is 11.1 Å². The van der Waals surface area contributed by atoms with Crippen LogP contribution in [-0.2, 0) is 9.59 Å². The minimum atomic E-state index is -0.415. The van der Waals surface area contributed by atoms with Crippen molar-refractivity contribution in [2.75, 3.05) is 19.6 Å². The Morgan fingerprint density at radius 2 is 2.00 bits per heavy atom. The molecule has 1 heterocycles. The van der Waals surface area contributed by atoms with Crippen molar-refractivity contribution in [2.45, 2.75) is 39.0 Å². The van der Waals surface area contributed by atoms with Crippen molar-refractivity contribution in [1.82, 2.24) is 10.2 Å². The van der Waals surface area contributed by atoms with Crippen LogP contribution in [-0.4, -0.2) is 41.3 Å². The van der Waals surface area contributed by atoms with Crippen LogP contribution in [0.4, 0.5) is 0 Å². The molecular formula is C13H23N3O2S. The zero-order valence-electron chi connectivity index (χ0n) is 11.5. The number of nitrogens with two attached hydrogens (primary N) is 1. The molecule has 0 aromatic carbocycles. The van der Waals surface area contributed by atoms with Gasteiger partial charge in [0.25, 0.3) is 0 Å². The number of amides is 2. The van der Waals surface area contributed by atoms with Gasteiger partial charge in [0.15, 0.2) is 0 Å². The van der Waals surface area contributed by atoms with E-state index in [1.54, 1.807) is 0 Å². The Bertz CT molecular complexity index is 341. The number of carbonyl (C=O) groups is 2. The molecule has 6 heteroatoms. The zero-order valence-corrected chi connectivity index (χ0v) is 12.3. The minimum Gasteiger partial charge on any atom is -0.393 e. The Hall–Kier alpha value is -1.17. The predicted octanol–water partition coefficient (Wildman–Crippen LogP) is 0.818. The third-order valence-corrected chi connectivity index (χ3v) is 3.62. The monoisotopic (exact) mass is 285 g/mol. The van der Waals surface area contributed by atoms with Crippen LogP contribution in [0.25, 0.3) is 0 Å². The first-order valence-corrected chi connectivity index (χ1v) is 7.32. The van der Waals surface area contributed by atoms with Gasteiger partial charge in [0, 0.05) is 26.1 Å². The Kier molecular flexibility index (Phi) is 6.77. The molecule has 0 aromatic rings. The van der Waals surface area contributed by atoms with Gasteiger partial charge in [-0.1, -0.05) is 25.6 Å². The Labute approximate surface area is 119 Å². The molecule has 19 heavy (non-hydrogen) atoms. The predicted molar refractivity (Wildman–Crippen MR) is 78.6 cm³/mol. The molecule has 5 nitrogen and oxygen atoms in total. The fraction of sp³-hybridized carbons (Fsp3) is 0.769. The first-order chi connectivity index (χ1) is 9.06. The van der Waals surface area contributed by atoms with Gasteiger partial charge in [-0.15, -0.1) is 0 Å². The van der Waals surface area contributed by atoms with Gasteiger partial charge < -0.3 is 16.0 Å². The van der Waals surface area contributed by atoms with Crippen molar-refractivity contribution in [3.63, 3.8) is 0 Å². The van der Waals surface area contributed by atoms with Crippen molar-refractivity contribution in [2.24, 2.45) is 11.7 Å².